The van der Waals surface area contributed by atoms with Gasteiger partial charge in [0, 0.05) is 36.2 Å². The van der Waals surface area contributed by atoms with Gasteiger partial charge in [0.1, 0.15) is 5.82 Å². The summed E-state index contributed by atoms with van der Waals surface area (Å²) in [7, 11) is 0. The smallest absolute Gasteiger partial charge is 0.256 e. The van der Waals surface area contributed by atoms with Crippen molar-refractivity contribution in [3.63, 3.8) is 0 Å². The molecular weight excluding hydrogens is 451 g/mol. The van der Waals surface area contributed by atoms with Gasteiger partial charge in [-0.05, 0) is 53.8 Å². The molecule has 4 nitrogen and oxygen atoms in total. The van der Waals surface area contributed by atoms with Crippen molar-refractivity contribution >= 4 is 28.4 Å². The minimum atomic E-state index is -0.285. The number of fused-ring (bicyclic) bond motifs is 3. The number of rotatable bonds is 3. The largest absolute Gasteiger partial charge is 0.365 e. The van der Waals surface area contributed by atoms with Crippen molar-refractivity contribution in [1.29, 1.82) is 0 Å². The topological polar surface area (TPSA) is 34.5 Å². The molecule has 6 rings (SSSR count). The van der Waals surface area contributed by atoms with E-state index in [1.165, 1.54) is 23.3 Å². The van der Waals surface area contributed by atoms with Gasteiger partial charge in [-0.3, -0.25) is 4.79 Å². The quantitative estimate of drug-likeness (QED) is 0.357. The summed E-state index contributed by atoms with van der Waals surface area (Å²) in [5.74, 6) is -0.271. The second-order valence-electron chi connectivity index (χ2n) is 9.19. The third-order valence-electron chi connectivity index (χ3n) is 7.19. The van der Waals surface area contributed by atoms with E-state index in [4.69, 9.17) is 16.3 Å². The van der Waals surface area contributed by atoms with Gasteiger partial charge in [0.25, 0.3) is 5.91 Å². The van der Waals surface area contributed by atoms with Crippen molar-refractivity contribution in [2.24, 2.45) is 0 Å². The van der Waals surface area contributed by atoms with Gasteiger partial charge in [0.05, 0.1) is 23.3 Å². The van der Waals surface area contributed by atoms with E-state index >= 15 is 0 Å². The first-order valence-electron chi connectivity index (χ1n) is 11.6. The fourth-order valence-electron chi connectivity index (χ4n) is 5.44. The van der Waals surface area contributed by atoms with Crippen LogP contribution < -0.4 is 0 Å². The molecule has 1 amide bonds. The molecular formula is C28H24ClFN2O2. The number of carbonyl (C=O) groups excluding carboxylic acids is 1. The Kier molecular flexibility index (Phi) is 5.19. The number of benzene rings is 3. The van der Waals surface area contributed by atoms with Gasteiger partial charge in [-0.2, -0.15) is 0 Å². The van der Waals surface area contributed by atoms with Gasteiger partial charge in [-0.1, -0.05) is 54.1 Å². The average molecular weight is 475 g/mol. The van der Waals surface area contributed by atoms with Crippen molar-refractivity contribution in [2.45, 2.75) is 31.6 Å². The van der Waals surface area contributed by atoms with E-state index in [1.807, 2.05) is 46.0 Å². The summed E-state index contributed by atoms with van der Waals surface area (Å²) in [6.07, 6.45) is 3.44. The monoisotopic (exact) mass is 474 g/mol. The number of hydrogen-bond donors (Lipinski definition) is 0. The summed E-state index contributed by atoms with van der Waals surface area (Å²) in [6, 6.07) is 20.5. The molecule has 1 spiro atoms. The van der Waals surface area contributed by atoms with E-state index in [9.17, 15) is 9.18 Å². The second-order valence-corrected chi connectivity index (χ2v) is 9.63. The Hall–Kier alpha value is -3.15. The van der Waals surface area contributed by atoms with Crippen LogP contribution in [0.5, 0.6) is 0 Å². The first kappa shape index (κ1) is 21.4. The maximum absolute atomic E-state index is 13.7. The summed E-state index contributed by atoms with van der Waals surface area (Å²) >= 11 is 6.28. The number of nitrogens with zero attached hydrogens (tertiary/aromatic N) is 2. The Labute approximate surface area is 202 Å². The van der Waals surface area contributed by atoms with E-state index in [2.05, 4.69) is 18.2 Å². The highest BCUT2D eigenvalue weighted by molar-refractivity contribution is 6.31. The Morgan fingerprint density at radius 1 is 1.03 bits per heavy atom. The van der Waals surface area contributed by atoms with Crippen LogP contribution in [-0.2, 0) is 23.5 Å². The van der Waals surface area contributed by atoms with Crippen molar-refractivity contribution < 1.29 is 13.9 Å². The molecule has 6 heteroatoms. The molecule has 4 aromatic rings. The van der Waals surface area contributed by atoms with Crippen LogP contribution in [0.3, 0.4) is 0 Å². The first-order chi connectivity index (χ1) is 16.5. The number of aromatic nitrogens is 1. The molecule has 0 saturated carbocycles. The maximum atomic E-state index is 13.7. The van der Waals surface area contributed by atoms with E-state index in [1.54, 1.807) is 6.07 Å². The van der Waals surface area contributed by atoms with Gasteiger partial charge in [-0.25, -0.2) is 4.39 Å². The zero-order chi connectivity index (χ0) is 23.3. The minimum Gasteiger partial charge on any atom is -0.365 e. The summed E-state index contributed by atoms with van der Waals surface area (Å²) in [5.41, 5.74) is 4.57. The van der Waals surface area contributed by atoms with Crippen LogP contribution in [0.15, 0.2) is 72.9 Å². The number of hydrogen-bond acceptors (Lipinski definition) is 2. The number of ether oxygens (including phenoxy) is 1. The lowest BCUT2D eigenvalue weighted by Crippen LogP contribution is -2.45. The lowest BCUT2D eigenvalue weighted by atomic mass is 9.83. The van der Waals surface area contributed by atoms with Crippen LogP contribution in [0, 0.1) is 5.82 Å². The predicted octanol–water partition coefficient (Wildman–Crippen LogP) is 6.14. The molecule has 0 bridgehead atoms. The highest BCUT2D eigenvalue weighted by atomic mass is 35.5. The van der Waals surface area contributed by atoms with Crippen LogP contribution in [0.25, 0.3) is 10.9 Å². The third kappa shape index (κ3) is 3.60. The van der Waals surface area contributed by atoms with Crippen LogP contribution in [0.4, 0.5) is 4.39 Å². The fraction of sp³-hybridized carbons (Fsp3) is 0.250. The van der Waals surface area contributed by atoms with E-state index in [-0.39, 0.29) is 17.3 Å². The van der Waals surface area contributed by atoms with Crippen molar-refractivity contribution in [3.05, 3.63) is 106 Å². The SMILES string of the molecule is O=C(c1cn(Cc2cccc(F)c2)c2cc(Cl)ccc12)N1CCC2(CC1)OCc1ccccc12. The van der Waals surface area contributed by atoms with Gasteiger partial charge < -0.3 is 14.2 Å². The van der Waals surface area contributed by atoms with Crippen molar-refractivity contribution in [2.75, 3.05) is 13.1 Å². The molecule has 0 unspecified atom stereocenters. The Balaban J connectivity index is 1.28. The normalized spacial score (nSPS) is 16.8. The maximum Gasteiger partial charge on any atom is 0.256 e. The third-order valence-corrected chi connectivity index (χ3v) is 7.42. The summed E-state index contributed by atoms with van der Waals surface area (Å²) < 4.78 is 22.0. The molecule has 1 saturated heterocycles. The molecule has 2 aliphatic rings. The van der Waals surface area contributed by atoms with Gasteiger partial charge in [0.15, 0.2) is 0 Å². The molecule has 0 atom stereocenters. The summed E-state index contributed by atoms with van der Waals surface area (Å²) in [5, 5.41) is 1.45. The van der Waals surface area contributed by atoms with Gasteiger partial charge in [-0.15, -0.1) is 0 Å². The average Bonchev–Trinajstić information content (AvgIpc) is 3.38. The van der Waals surface area contributed by atoms with Crippen LogP contribution in [0.1, 0.15) is 39.9 Å². The van der Waals surface area contributed by atoms with E-state index in [0.717, 1.165) is 29.3 Å². The minimum absolute atomic E-state index is 0.00597. The molecule has 2 aliphatic heterocycles. The fourth-order valence-corrected chi connectivity index (χ4v) is 5.60. The van der Waals surface area contributed by atoms with Crippen molar-refractivity contribution in [3.8, 4) is 0 Å². The second kappa shape index (κ2) is 8.26. The highest BCUT2D eigenvalue weighted by Gasteiger charge is 2.43. The van der Waals surface area contributed by atoms with Crippen molar-refractivity contribution in [1.82, 2.24) is 9.47 Å². The van der Waals surface area contributed by atoms with E-state index in [0.29, 0.717) is 36.8 Å². The molecule has 3 heterocycles. The molecule has 172 valence electrons. The van der Waals surface area contributed by atoms with Crippen LogP contribution in [-0.4, -0.2) is 28.5 Å². The molecule has 3 aromatic carbocycles. The number of amides is 1. The Morgan fingerprint density at radius 3 is 2.68 bits per heavy atom. The zero-order valence-corrected chi connectivity index (χ0v) is 19.4. The standard InChI is InChI=1S/C28H24ClFN2O2/c29-21-8-9-23-24(17-32(26(23)15-21)16-19-4-3-6-22(30)14-19)27(33)31-12-10-28(11-13-31)25-7-2-1-5-20(25)18-34-28/h1-9,14-15,17H,10-13,16,18H2. The zero-order valence-electron chi connectivity index (χ0n) is 18.6. The van der Waals surface area contributed by atoms with E-state index < -0.39 is 0 Å². The molecule has 34 heavy (non-hydrogen) atoms. The van der Waals surface area contributed by atoms with Crippen LogP contribution >= 0.6 is 11.6 Å². The number of piperidine rings is 1. The highest BCUT2D eigenvalue weighted by Crippen LogP contribution is 2.44. The number of halogens is 2. The summed E-state index contributed by atoms with van der Waals surface area (Å²) in [6.45, 7) is 2.36. The molecule has 1 aromatic heterocycles. The molecule has 1 fully saturated rings. The predicted molar refractivity (Wildman–Crippen MR) is 130 cm³/mol. The lowest BCUT2D eigenvalue weighted by Gasteiger charge is -2.39. The van der Waals surface area contributed by atoms with Gasteiger partial charge in [0.2, 0.25) is 0 Å². The lowest BCUT2D eigenvalue weighted by molar-refractivity contribution is -0.0741. The Morgan fingerprint density at radius 2 is 1.85 bits per heavy atom. The first-order valence-corrected chi connectivity index (χ1v) is 11.9. The van der Waals surface area contributed by atoms with Gasteiger partial charge >= 0.3 is 0 Å². The molecule has 0 N–H and O–H groups in total. The number of carbonyl (C=O) groups is 1. The van der Waals surface area contributed by atoms with Crippen LogP contribution in [0.2, 0.25) is 5.02 Å². The number of likely N-dealkylation sites (tertiary alicyclic amines) is 1. The summed E-state index contributed by atoms with van der Waals surface area (Å²) in [4.78, 5) is 15.6. The molecule has 0 radical (unpaired) electrons. The Bertz CT molecular complexity index is 1400. The molecule has 0 aliphatic carbocycles.